The van der Waals surface area contributed by atoms with Crippen LogP contribution in [0.15, 0.2) is 47.0 Å². The van der Waals surface area contributed by atoms with Gasteiger partial charge in [0.1, 0.15) is 28.9 Å². The number of hydrogen-bond donors (Lipinski definition) is 0. The topological polar surface area (TPSA) is 86.9 Å². The quantitative estimate of drug-likeness (QED) is 0.613. The lowest BCUT2D eigenvalue weighted by atomic mass is 10.1. The Balaban J connectivity index is 1.62. The molecule has 2 aromatic carbocycles. The molecule has 0 N–H and O–H groups in total. The maximum Gasteiger partial charge on any atom is 0.262 e. The zero-order valence-corrected chi connectivity index (χ0v) is 17.1. The number of rotatable bonds is 6. The summed E-state index contributed by atoms with van der Waals surface area (Å²) in [4.78, 5) is 19.7. The van der Waals surface area contributed by atoms with Gasteiger partial charge in [-0.3, -0.25) is 4.79 Å². The van der Waals surface area contributed by atoms with E-state index < -0.39 is 0 Å². The molecule has 4 rings (SSSR count). The molecule has 0 saturated carbocycles. The third kappa shape index (κ3) is 3.56. The molecule has 0 unspecified atom stereocenters. The van der Waals surface area contributed by atoms with Gasteiger partial charge >= 0.3 is 0 Å². The van der Waals surface area contributed by atoms with Gasteiger partial charge in [-0.1, -0.05) is 11.2 Å². The first-order valence-corrected chi connectivity index (χ1v) is 9.66. The minimum atomic E-state index is -0.299. The highest BCUT2D eigenvalue weighted by molar-refractivity contribution is 6.00. The maximum atomic E-state index is 13.4. The fourth-order valence-corrected chi connectivity index (χ4v) is 3.70. The molecule has 1 saturated heterocycles. The molecule has 1 aliphatic heterocycles. The molecule has 1 atom stereocenters. The summed E-state index contributed by atoms with van der Waals surface area (Å²) in [6.45, 7) is 0.588. The van der Waals surface area contributed by atoms with Crippen LogP contribution in [0.25, 0.3) is 11.4 Å². The summed E-state index contributed by atoms with van der Waals surface area (Å²) in [7, 11) is 4.68. The van der Waals surface area contributed by atoms with Crippen LogP contribution >= 0.6 is 0 Å². The van der Waals surface area contributed by atoms with E-state index in [1.165, 1.54) is 14.2 Å². The van der Waals surface area contributed by atoms with E-state index >= 15 is 0 Å². The van der Waals surface area contributed by atoms with E-state index in [2.05, 4.69) is 10.1 Å². The smallest absolute Gasteiger partial charge is 0.262 e. The molecular weight excluding hydrogens is 386 g/mol. The van der Waals surface area contributed by atoms with E-state index in [0.717, 1.165) is 24.2 Å². The van der Waals surface area contributed by atoms with Crippen LogP contribution in [0.1, 0.15) is 35.1 Å². The van der Waals surface area contributed by atoms with Gasteiger partial charge in [0, 0.05) is 12.1 Å². The highest BCUT2D eigenvalue weighted by Crippen LogP contribution is 2.37. The monoisotopic (exact) mass is 409 g/mol. The van der Waals surface area contributed by atoms with Crippen molar-refractivity contribution in [2.45, 2.75) is 18.9 Å². The highest BCUT2D eigenvalue weighted by Gasteiger charge is 2.36. The van der Waals surface area contributed by atoms with E-state index in [4.69, 9.17) is 18.7 Å². The van der Waals surface area contributed by atoms with Gasteiger partial charge in [-0.05, 0) is 49.2 Å². The van der Waals surface area contributed by atoms with Gasteiger partial charge in [-0.25, -0.2) is 0 Å². The van der Waals surface area contributed by atoms with Gasteiger partial charge in [-0.2, -0.15) is 4.98 Å². The Morgan fingerprint density at radius 2 is 1.73 bits per heavy atom. The van der Waals surface area contributed by atoms with E-state index in [0.29, 0.717) is 35.3 Å². The number of aromatic nitrogens is 2. The molecule has 3 aromatic rings. The predicted octanol–water partition coefficient (Wildman–Crippen LogP) is 3.74. The molecule has 0 aliphatic carbocycles. The molecule has 1 aliphatic rings. The molecular formula is C22H23N3O5. The largest absolute Gasteiger partial charge is 0.497 e. The Kier molecular flexibility index (Phi) is 5.56. The van der Waals surface area contributed by atoms with Gasteiger partial charge in [0.05, 0.1) is 21.3 Å². The number of carbonyl (C=O) groups is 1. The van der Waals surface area contributed by atoms with Crippen LogP contribution in [-0.4, -0.2) is 48.8 Å². The van der Waals surface area contributed by atoms with Crippen molar-refractivity contribution in [3.8, 4) is 28.6 Å². The van der Waals surface area contributed by atoms with Gasteiger partial charge in [0.25, 0.3) is 5.91 Å². The normalized spacial score (nSPS) is 15.8. The highest BCUT2D eigenvalue weighted by atomic mass is 16.5. The third-order valence-electron chi connectivity index (χ3n) is 5.23. The summed E-state index contributed by atoms with van der Waals surface area (Å²) in [5.41, 5.74) is 1.21. The van der Waals surface area contributed by atoms with Gasteiger partial charge in [0.15, 0.2) is 0 Å². The second kappa shape index (κ2) is 8.44. The van der Waals surface area contributed by atoms with Crippen molar-refractivity contribution >= 4 is 5.91 Å². The molecule has 0 radical (unpaired) electrons. The molecule has 30 heavy (non-hydrogen) atoms. The molecule has 0 bridgehead atoms. The molecule has 1 fully saturated rings. The lowest BCUT2D eigenvalue weighted by Crippen LogP contribution is -2.31. The Morgan fingerprint density at radius 3 is 2.37 bits per heavy atom. The summed E-state index contributed by atoms with van der Waals surface area (Å²) >= 11 is 0. The van der Waals surface area contributed by atoms with Gasteiger partial charge in [0.2, 0.25) is 11.7 Å². The van der Waals surface area contributed by atoms with Crippen LogP contribution in [0, 0.1) is 0 Å². The molecule has 1 aromatic heterocycles. The SMILES string of the molecule is COc1ccc(-c2noc([C@H]3CCCN3C(=O)c3c(OC)cccc3OC)n2)cc1. The van der Waals surface area contributed by atoms with E-state index in [-0.39, 0.29) is 11.9 Å². The van der Waals surface area contributed by atoms with Crippen LogP contribution in [0.5, 0.6) is 17.2 Å². The fraction of sp³-hybridized carbons (Fsp3) is 0.318. The average molecular weight is 409 g/mol. The van der Waals surface area contributed by atoms with Crippen LogP contribution < -0.4 is 14.2 Å². The summed E-state index contributed by atoms with van der Waals surface area (Å²) in [5, 5.41) is 4.11. The first-order chi connectivity index (χ1) is 14.7. The van der Waals surface area contributed by atoms with Crippen LogP contribution in [0.4, 0.5) is 0 Å². The molecule has 2 heterocycles. The number of hydrogen-bond acceptors (Lipinski definition) is 7. The lowest BCUT2D eigenvalue weighted by molar-refractivity contribution is 0.0703. The zero-order valence-electron chi connectivity index (χ0n) is 17.1. The maximum absolute atomic E-state index is 13.4. The molecule has 0 spiro atoms. The fourth-order valence-electron chi connectivity index (χ4n) is 3.70. The summed E-state index contributed by atoms with van der Waals surface area (Å²) in [6, 6.07) is 12.4. The number of nitrogens with zero attached hydrogens (tertiary/aromatic N) is 3. The van der Waals surface area contributed by atoms with E-state index in [1.807, 2.05) is 24.3 Å². The third-order valence-corrected chi connectivity index (χ3v) is 5.23. The summed E-state index contributed by atoms with van der Waals surface area (Å²) in [6.07, 6.45) is 1.58. The number of benzene rings is 2. The van der Waals surface area contributed by atoms with Crippen LogP contribution in [0.3, 0.4) is 0 Å². The van der Waals surface area contributed by atoms with Crippen molar-refractivity contribution in [3.05, 3.63) is 53.9 Å². The molecule has 8 nitrogen and oxygen atoms in total. The Morgan fingerprint density at radius 1 is 1.03 bits per heavy atom. The van der Waals surface area contributed by atoms with Crippen molar-refractivity contribution in [2.24, 2.45) is 0 Å². The number of likely N-dealkylation sites (tertiary alicyclic amines) is 1. The molecule has 156 valence electrons. The molecule has 8 heteroatoms. The van der Waals surface area contributed by atoms with Crippen molar-refractivity contribution in [1.29, 1.82) is 0 Å². The number of ether oxygens (including phenoxy) is 3. The number of amides is 1. The second-order valence-electron chi connectivity index (χ2n) is 6.88. The predicted molar refractivity (Wildman–Crippen MR) is 109 cm³/mol. The first-order valence-electron chi connectivity index (χ1n) is 9.66. The second-order valence-corrected chi connectivity index (χ2v) is 6.88. The standard InChI is InChI=1S/C22H23N3O5/c1-27-15-11-9-14(10-12-15)20-23-21(30-24-20)16-6-5-13-25(16)22(26)19-17(28-2)7-4-8-18(19)29-3/h4,7-12,16H,5-6,13H2,1-3H3/t16-/m1/s1. The zero-order chi connectivity index (χ0) is 21.1. The Labute approximate surface area is 174 Å². The van der Waals surface area contributed by atoms with Crippen molar-refractivity contribution in [2.75, 3.05) is 27.9 Å². The van der Waals surface area contributed by atoms with E-state index in [1.54, 1.807) is 30.2 Å². The lowest BCUT2D eigenvalue weighted by Gasteiger charge is -2.23. The van der Waals surface area contributed by atoms with Crippen molar-refractivity contribution < 1.29 is 23.5 Å². The first kappa shape index (κ1) is 19.8. The van der Waals surface area contributed by atoms with Crippen LogP contribution in [-0.2, 0) is 0 Å². The minimum Gasteiger partial charge on any atom is -0.497 e. The number of carbonyl (C=O) groups excluding carboxylic acids is 1. The number of methoxy groups -OCH3 is 3. The van der Waals surface area contributed by atoms with Crippen LogP contribution in [0.2, 0.25) is 0 Å². The van der Waals surface area contributed by atoms with Gasteiger partial charge < -0.3 is 23.6 Å². The van der Waals surface area contributed by atoms with Crippen molar-refractivity contribution in [1.82, 2.24) is 15.0 Å². The Bertz CT molecular complexity index is 1010. The Hall–Kier alpha value is -3.55. The minimum absolute atomic E-state index is 0.184. The summed E-state index contributed by atoms with van der Waals surface area (Å²) < 4.78 is 21.5. The van der Waals surface area contributed by atoms with E-state index in [9.17, 15) is 4.79 Å². The summed E-state index contributed by atoms with van der Waals surface area (Å²) in [5.74, 6) is 2.39. The average Bonchev–Trinajstić information content (AvgIpc) is 3.47. The van der Waals surface area contributed by atoms with Gasteiger partial charge in [-0.15, -0.1) is 0 Å². The molecule has 1 amide bonds. The van der Waals surface area contributed by atoms with Crippen molar-refractivity contribution in [3.63, 3.8) is 0 Å².